The van der Waals surface area contributed by atoms with Gasteiger partial charge in [0.15, 0.2) is 0 Å². The zero-order chi connectivity index (χ0) is 26.0. The van der Waals surface area contributed by atoms with Gasteiger partial charge < -0.3 is 9.47 Å². The minimum atomic E-state index is -0.169. The average molecular weight is 497 g/mol. The minimum absolute atomic E-state index is 0.169. The van der Waals surface area contributed by atoms with Crippen molar-refractivity contribution >= 4 is 11.5 Å². The molecule has 4 aromatic rings. The second kappa shape index (κ2) is 12.8. The van der Waals surface area contributed by atoms with E-state index >= 15 is 0 Å². The first-order valence-electron chi connectivity index (χ1n) is 12.8. The van der Waals surface area contributed by atoms with E-state index in [1.165, 1.54) is 0 Å². The fourth-order valence-electron chi connectivity index (χ4n) is 4.53. The Labute approximate surface area is 217 Å². The van der Waals surface area contributed by atoms with Crippen LogP contribution >= 0.6 is 0 Å². The van der Waals surface area contributed by atoms with Crippen molar-refractivity contribution in [2.24, 2.45) is 0 Å². The summed E-state index contributed by atoms with van der Waals surface area (Å²) in [6, 6.07) is 18.0. The van der Waals surface area contributed by atoms with Crippen LogP contribution in [0.15, 0.2) is 60.9 Å². The monoisotopic (exact) mass is 496 g/mol. The first-order valence-corrected chi connectivity index (χ1v) is 12.8. The highest BCUT2D eigenvalue weighted by Crippen LogP contribution is 2.33. The Morgan fingerprint density at radius 2 is 1.97 bits per heavy atom. The van der Waals surface area contributed by atoms with Crippen molar-refractivity contribution in [1.82, 2.24) is 14.6 Å². The zero-order valence-electron chi connectivity index (χ0n) is 21.4. The highest BCUT2D eigenvalue weighted by Gasteiger charge is 2.19. The predicted molar refractivity (Wildman–Crippen MR) is 142 cm³/mol. The van der Waals surface area contributed by atoms with Crippen molar-refractivity contribution in [3.05, 3.63) is 89.0 Å². The van der Waals surface area contributed by atoms with Crippen LogP contribution in [-0.4, -0.2) is 27.2 Å². The third kappa shape index (κ3) is 6.41. The Morgan fingerprint density at radius 1 is 1.08 bits per heavy atom. The van der Waals surface area contributed by atoms with Gasteiger partial charge in [0.2, 0.25) is 0 Å². The Kier molecular flexibility index (Phi) is 9.01. The summed E-state index contributed by atoms with van der Waals surface area (Å²) in [5.74, 6) is -0.169. The zero-order valence-corrected chi connectivity index (χ0v) is 21.4. The molecule has 0 saturated heterocycles. The van der Waals surface area contributed by atoms with Crippen LogP contribution in [0.4, 0.5) is 0 Å². The molecule has 0 atom stereocenters. The molecule has 0 aliphatic carbocycles. The molecule has 3 aromatic heterocycles. The van der Waals surface area contributed by atoms with Crippen LogP contribution in [0.3, 0.4) is 0 Å². The van der Waals surface area contributed by atoms with Crippen LogP contribution < -0.4 is 0 Å². The molecule has 0 N–H and O–H groups in total. The van der Waals surface area contributed by atoms with E-state index in [0.29, 0.717) is 31.8 Å². The minimum Gasteiger partial charge on any atom is -0.466 e. The third-order valence-electron chi connectivity index (χ3n) is 6.30. The maximum atomic E-state index is 11.9. The lowest BCUT2D eigenvalue weighted by Crippen LogP contribution is -2.11. The molecule has 0 spiro atoms. The van der Waals surface area contributed by atoms with Gasteiger partial charge in [0.05, 0.1) is 42.7 Å². The number of benzene rings is 1. The number of carbonyl (C=O) groups is 1. The van der Waals surface area contributed by atoms with Gasteiger partial charge in [-0.3, -0.25) is 9.78 Å². The van der Waals surface area contributed by atoms with Crippen molar-refractivity contribution in [3.63, 3.8) is 0 Å². The molecular formula is C30H32N4O3. The van der Waals surface area contributed by atoms with Crippen LogP contribution in [0.1, 0.15) is 61.2 Å². The van der Waals surface area contributed by atoms with Crippen LogP contribution in [0, 0.1) is 11.3 Å². The Balaban J connectivity index is 1.73. The van der Waals surface area contributed by atoms with Gasteiger partial charge in [-0.05, 0) is 79.6 Å². The van der Waals surface area contributed by atoms with E-state index in [2.05, 4.69) is 30.1 Å². The van der Waals surface area contributed by atoms with Crippen LogP contribution in [0.2, 0.25) is 0 Å². The quantitative estimate of drug-likeness (QED) is 0.181. The van der Waals surface area contributed by atoms with E-state index in [-0.39, 0.29) is 5.97 Å². The van der Waals surface area contributed by atoms with E-state index in [4.69, 9.17) is 14.6 Å². The fraction of sp³-hybridized carbons (Fsp3) is 0.333. The molecule has 0 aliphatic heterocycles. The molecule has 190 valence electrons. The molecule has 3 heterocycles. The molecule has 7 nitrogen and oxygen atoms in total. The normalized spacial score (nSPS) is 10.9. The molecule has 4 rings (SSSR count). The second-order valence-electron chi connectivity index (χ2n) is 8.83. The largest absolute Gasteiger partial charge is 0.466 e. The summed E-state index contributed by atoms with van der Waals surface area (Å²) in [5, 5.41) is 14.6. The maximum Gasteiger partial charge on any atom is 0.305 e. The summed E-state index contributed by atoms with van der Waals surface area (Å²) in [7, 11) is 0. The number of aryl methyl sites for hydroxylation is 1. The Hall–Kier alpha value is -4.02. The standard InChI is InChI=1S/C30H32N4O3/c1-3-25-14-15-28-30(24-11-7-9-22(17-24)18-31)26(12-5-6-13-29(35)37-4-2)27(33-34(25)28)21-36-20-23-10-8-16-32-19-23/h7-11,14-17,19H,3-6,12-13,20-21H2,1-2H3. The van der Waals surface area contributed by atoms with Crippen LogP contribution in [-0.2, 0) is 40.3 Å². The molecule has 7 heteroatoms. The van der Waals surface area contributed by atoms with Gasteiger partial charge in [0.1, 0.15) is 0 Å². The smallest absolute Gasteiger partial charge is 0.305 e. The van der Waals surface area contributed by atoms with E-state index in [0.717, 1.165) is 64.8 Å². The molecule has 0 bridgehead atoms. The van der Waals surface area contributed by atoms with Crippen molar-refractivity contribution in [2.75, 3.05) is 6.61 Å². The summed E-state index contributed by atoms with van der Waals surface area (Å²) < 4.78 is 13.2. The van der Waals surface area contributed by atoms with Crippen molar-refractivity contribution < 1.29 is 14.3 Å². The van der Waals surface area contributed by atoms with E-state index < -0.39 is 0 Å². The van der Waals surface area contributed by atoms with Crippen molar-refractivity contribution in [3.8, 4) is 17.2 Å². The summed E-state index contributed by atoms with van der Waals surface area (Å²) in [6.07, 6.45) is 7.03. The number of pyridine rings is 1. The maximum absolute atomic E-state index is 11.9. The molecule has 37 heavy (non-hydrogen) atoms. The first kappa shape index (κ1) is 26.1. The highest BCUT2D eigenvalue weighted by molar-refractivity contribution is 5.84. The van der Waals surface area contributed by atoms with Crippen LogP contribution in [0.5, 0.6) is 0 Å². The number of aromatic nitrogens is 3. The number of unbranched alkanes of at least 4 members (excludes halogenated alkanes) is 1. The number of hydrogen-bond acceptors (Lipinski definition) is 6. The van der Waals surface area contributed by atoms with Crippen molar-refractivity contribution in [1.29, 1.82) is 5.26 Å². The predicted octanol–water partition coefficient (Wildman–Crippen LogP) is 5.82. The Bertz CT molecular complexity index is 1390. The molecule has 0 unspecified atom stereocenters. The summed E-state index contributed by atoms with van der Waals surface area (Å²) in [6.45, 7) is 5.10. The van der Waals surface area contributed by atoms with Crippen molar-refractivity contribution in [2.45, 2.75) is 59.2 Å². The molecule has 1 aromatic carbocycles. The third-order valence-corrected chi connectivity index (χ3v) is 6.30. The number of esters is 1. The second-order valence-corrected chi connectivity index (χ2v) is 8.83. The topological polar surface area (TPSA) is 89.5 Å². The molecule has 0 saturated carbocycles. The highest BCUT2D eigenvalue weighted by atomic mass is 16.5. The molecule has 0 fully saturated rings. The summed E-state index contributed by atoms with van der Waals surface area (Å²) >= 11 is 0. The molecule has 0 amide bonds. The van der Waals surface area contributed by atoms with E-state index in [9.17, 15) is 10.1 Å². The van der Waals surface area contributed by atoms with E-state index in [1.54, 1.807) is 12.4 Å². The van der Waals surface area contributed by atoms with Gasteiger partial charge in [-0.1, -0.05) is 25.1 Å². The number of ether oxygens (including phenoxy) is 2. The van der Waals surface area contributed by atoms with Crippen LogP contribution in [0.25, 0.3) is 16.6 Å². The number of nitriles is 1. The van der Waals surface area contributed by atoms with E-state index in [1.807, 2.05) is 47.8 Å². The van der Waals surface area contributed by atoms with Gasteiger partial charge in [0.25, 0.3) is 0 Å². The average Bonchev–Trinajstić information content (AvgIpc) is 3.34. The lowest BCUT2D eigenvalue weighted by Gasteiger charge is -2.18. The fourth-order valence-corrected chi connectivity index (χ4v) is 4.53. The number of nitrogens with zero attached hydrogens (tertiary/aromatic N) is 4. The number of rotatable bonds is 12. The van der Waals surface area contributed by atoms with Gasteiger partial charge >= 0.3 is 5.97 Å². The SMILES string of the molecule is CCOC(=O)CCCCc1c(COCc2cccnc2)nn2c(CC)ccc2c1-c1cccc(C#N)c1. The lowest BCUT2D eigenvalue weighted by molar-refractivity contribution is -0.143. The number of hydrogen-bond donors (Lipinski definition) is 0. The van der Waals surface area contributed by atoms with Gasteiger partial charge in [-0.25, -0.2) is 4.52 Å². The Morgan fingerprint density at radius 3 is 2.73 bits per heavy atom. The summed E-state index contributed by atoms with van der Waals surface area (Å²) in [4.78, 5) is 16.0. The molecular weight excluding hydrogens is 464 g/mol. The molecule has 0 aliphatic rings. The van der Waals surface area contributed by atoms with Gasteiger partial charge in [0, 0.05) is 30.1 Å². The summed E-state index contributed by atoms with van der Waals surface area (Å²) in [5.41, 5.74) is 7.69. The lowest BCUT2D eigenvalue weighted by atomic mass is 9.93. The molecule has 0 radical (unpaired) electrons. The number of carbonyl (C=O) groups excluding carboxylic acids is 1. The number of fused-ring (bicyclic) bond motifs is 1. The first-order chi connectivity index (χ1) is 18.1. The van der Waals surface area contributed by atoms with Gasteiger partial charge in [-0.2, -0.15) is 10.4 Å². The van der Waals surface area contributed by atoms with Gasteiger partial charge in [-0.15, -0.1) is 0 Å².